The van der Waals surface area contributed by atoms with Gasteiger partial charge in [-0.05, 0) is 19.8 Å². The lowest BCUT2D eigenvalue weighted by Gasteiger charge is -2.18. The highest BCUT2D eigenvalue weighted by Gasteiger charge is 2.17. The number of aliphatic hydroxyl groups is 1. The van der Waals surface area contributed by atoms with Gasteiger partial charge in [-0.1, -0.05) is 0 Å². The van der Waals surface area contributed by atoms with Crippen LogP contribution in [0.15, 0.2) is 0 Å². The highest BCUT2D eigenvalue weighted by Crippen LogP contribution is 2.11. The highest BCUT2D eigenvalue weighted by atomic mass is 16.5. The molecule has 1 fully saturated rings. The van der Waals surface area contributed by atoms with Gasteiger partial charge in [-0.2, -0.15) is 0 Å². The van der Waals surface area contributed by atoms with Gasteiger partial charge in [-0.25, -0.2) is 0 Å². The van der Waals surface area contributed by atoms with Gasteiger partial charge < -0.3 is 30.0 Å². The van der Waals surface area contributed by atoms with E-state index in [9.17, 15) is 9.90 Å². The maximum absolute atomic E-state index is 11.7. The minimum Gasteiger partial charge on any atom is -0.389 e. The fraction of sp³-hybridized carbons (Fsp3) is 0.929. The molecule has 3 N–H and O–H groups in total. The van der Waals surface area contributed by atoms with Gasteiger partial charge in [-0.15, -0.1) is 0 Å². The number of rotatable bonds is 11. The summed E-state index contributed by atoms with van der Waals surface area (Å²) in [5.41, 5.74) is 0. The van der Waals surface area contributed by atoms with Gasteiger partial charge in [-0.3, -0.25) is 4.79 Å². The summed E-state index contributed by atoms with van der Waals surface area (Å²) in [7, 11) is 1.58. The van der Waals surface area contributed by atoms with Crippen LogP contribution in [0.25, 0.3) is 0 Å². The number of carbonyl (C=O) groups is 1. The molecule has 1 rings (SSSR count). The normalized spacial score (nSPS) is 21.2. The standard InChI is InChI=1S/C14H28N2O5/c1-11(14(18)15-5-7-19-2)16-8-12(17)9-20-10-13-4-3-6-21-13/h11-13,16-17H,3-10H2,1-2H3,(H,15,18). The average Bonchev–Trinajstić information content (AvgIpc) is 2.98. The van der Waals surface area contributed by atoms with Crippen LogP contribution in [-0.4, -0.2) is 75.9 Å². The van der Waals surface area contributed by atoms with Crippen molar-refractivity contribution in [3.63, 3.8) is 0 Å². The Kier molecular flexibility index (Phi) is 9.53. The number of amides is 1. The van der Waals surface area contributed by atoms with E-state index in [0.717, 1.165) is 19.4 Å². The van der Waals surface area contributed by atoms with E-state index in [1.54, 1.807) is 14.0 Å². The Morgan fingerprint density at radius 1 is 1.52 bits per heavy atom. The van der Waals surface area contributed by atoms with Crippen molar-refractivity contribution in [2.45, 2.75) is 38.0 Å². The third-order valence-corrected chi connectivity index (χ3v) is 3.30. The zero-order valence-corrected chi connectivity index (χ0v) is 13.0. The van der Waals surface area contributed by atoms with Crippen LogP contribution < -0.4 is 10.6 Å². The Morgan fingerprint density at radius 3 is 3.00 bits per heavy atom. The molecule has 1 heterocycles. The van der Waals surface area contributed by atoms with E-state index in [-0.39, 0.29) is 24.7 Å². The molecular formula is C14H28N2O5. The summed E-state index contributed by atoms with van der Waals surface area (Å²) < 4.78 is 15.7. The van der Waals surface area contributed by atoms with Crippen molar-refractivity contribution in [2.24, 2.45) is 0 Å². The highest BCUT2D eigenvalue weighted by molar-refractivity contribution is 5.81. The summed E-state index contributed by atoms with van der Waals surface area (Å²) in [6, 6.07) is -0.366. The van der Waals surface area contributed by atoms with Crippen molar-refractivity contribution in [3.8, 4) is 0 Å². The number of hydrogen-bond acceptors (Lipinski definition) is 6. The number of nitrogens with one attached hydrogen (secondary N) is 2. The first-order chi connectivity index (χ1) is 10.1. The van der Waals surface area contributed by atoms with Crippen LogP contribution in [0.4, 0.5) is 0 Å². The van der Waals surface area contributed by atoms with Crippen LogP contribution in [0.5, 0.6) is 0 Å². The molecular weight excluding hydrogens is 276 g/mol. The molecule has 1 amide bonds. The van der Waals surface area contributed by atoms with Gasteiger partial charge in [0, 0.05) is 26.8 Å². The van der Waals surface area contributed by atoms with Crippen molar-refractivity contribution in [3.05, 3.63) is 0 Å². The van der Waals surface area contributed by atoms with E-state index in [2.05, 4.69) is 10.6 Å². The lowest BCUT2D eigenvalue weighted by atomic mass is 10.2. The molecule has 0 aliphatic carbocycles. The van der Waals surface area contributed by atoms with E-state index >= 15 is 0 Å². The summed E-state index contributed by atoms with van der Waals surface area (Å²) in [6.45, 7) is 4.59. The molecule has 1 aliphatic heterocycles. The van der Waals surface area contributed by atoms with Gasteiger partial charge in [0.2, 0.25) is 5.91 Å². The van der Waals surface area contributed by atoms with Crippen molar-refractivity contribution in [2.75, 3.05) is 46.6 Å². The molecule has 7 heteroatoms. The van der Waals surface area contributed by atoms with E-state index in [1.807, 2.05) is 0 Å². The fourth-order valence-electron chi connectivity index (χ4n) is 2.01. The SMILES string of the molecule is COCCNC(=O)C(C)NCC(O)COCC1CCCO1. The van der Waals surface area contributed by atoms with E-state index < -0.39 is 6.10 Å². The molecule has 124 valence electrons. The first-order valence-electron chi connectivity index (χ1n) is 7.51. The second-order valence-electron chi connectivity index (χ2n) is 5.24. The summed E-state index contributed by atoms with van der Waals surface area (Å²) >= 11 is 0. The van der Waals surface area contributed by atoms with Crippen LogP contribution in [0.2, 0.25) is 0 Å². The molecule has 7 nitrogen and oxygen atoms in total. The van der Waals surface area contributed by atoms with E-state index in [1.165, 1.54) is 0 Å². The number of ether oxygens (including phenoxy) is 3. The maximum atomic E-state index is 11.7. The predicted molar refractivity (Wildman–Crippen MR) is 78.2 cm³/mol. The molecule has 3 atom stereocenters. The molecule has 0 spiro atoms. The molecule has 0 saturated carbocycles. The first kappa shape index (κ1) is 18.3. The molecule has 1 saturated heterocycles. The number of aliphatic hydroxyl groups excluding tert-OH is 1. The van der Waals surface area contributed by atoms with E-state index in [0.29, 0.717) is 26.3 Å². The largest absolute Gasteiger partial charge is 0.389 e. The van der Waals surface area contributed by atoms with Gasteiger partial charge in [0.05, 0.1) is 38.1 Å². The Hall–Kier alpha value is -0.730. The van der Waals surface area contributed by atoms with Gasteiger partial charge in [0.15, 0.2) is 0 Å². The van der Waals surface area contributed by atoms with Crippen molar-refractivity contribution < 1.29 is 24.1 Å². The number of hydrogen-bond donors (Lipinski definition) is 3. The first-order valence-corrected chi connectivity index (χ1v) is 7.51. The Morgan fingerprint density at radius 2 is 2.33 bits per heavy atom. The third-order valence-electron chi connectivity index (χ3n) is 3.30. The fourth-order valence-corrected chi connectivity index (χ4v) is 2.01. The summed E-state index contributed by atoms with van der Waals surface area (Å²) in [6.07, 6.45) is 1.62. The minimum atomic E-state index is -0.638. The molecule has 0 aromatic heterocycles. The Balaban J connectivity index is 2.02. The topological polar surface area (TPSA) is 89.1 Å². The zero-order chi connectivity index (χ0) is 15.5. The predicted octanol–water partition coefficient (Wildman–Crippen LogP) is -0.716. The van der Waals surface area contributed by atoms with Crippen molar-refractivity contribution >= 4 is 5.91 Å². The number of methoxy groups -OCH3 is 1. The van der Waals surface area contributed by atoms with Crippen molar-refractivity contribution in [1.29, 1.82) is 0 Å². The molecule has 1 aliphatic rings. The van der Waals surface area contributed by atoms with E-state index in [4.69, 9.17) is 14.2 Å². The second-order valence-corrected chi connectivity index (χ2v) is 5.24. The molecule has 21 heavy (non-hydrogen) atoms. The molecule has 0 aromatic rings. The maximum Gasteiger partial charge on any atom is 0.236 e. The number of carbonyl (C=O) groups excluding carboxylic acids is 1. The summed E-state index contributed by atoms with van der Waals surface area (Å²) in [5, 5.41) is 15.5. The van der Waals surface area contributed by atoms with Gasteiger partial charge >= 0.3 is 0 Å². The zero-order valence-electron chi connectivity index (χ0n) is 13.0. The van der Waals surface area contributed by atoms with Crippen LogP contribution in [0.1, 0.15) is 19.8 Å². The van der Waals surface area contributed by atoms with Crippen LogP contribution >= 0.6 is 0 Å². The summed E-state index contributed by atoms with van der Waals surface area (Å²) in [5.74, 6) is -0.112. The lowest BCUT2D eigenvalue weighted by Crippen LogP contribution is -2.46. The van der Waals surface area contributed by atoms with Crippen LogP contribution in [0.3, 0.4) is 0 Å². The second kappa shape index (κ2) is 10.9. The summed E-state index contributed by atoms with van der Waals surface area (Å²) in [4.78, 5) is 11.7. The third kappa shape index (κ3) is 8.33. The van der Waals surface area contributed by atoms with Gasteiger partial charge in [0.25, 0.3) is 0 Å². The van der Waals surface area contributed by atoms with Crippen LogP contribution in [0, 0.1) is 0 Å². The molecule has 3 unspecified atom stereocenters. The lowest BCUT2D eigenvalue weighted by molar-refractivity contribution is -0.123. The Labute approximate surface area is 126 Å². The average molecular weight is 304 g/mol. The smallest absolute Gasteiger partial charge is 0.236 e. The van der Waals surface area contributed by atoms with Crippen molar-refractivity contribution in [1.82, 2.24) is 10.6 Å². The molecule has 0 bridgehead atoms. The Bertz CT molecular complexity index is 285. The quantitative estimate of drug-likeness (QED) is 0.437. The molecule has 0 radical (unpaired) electrons. The monoisotopic (exact) mass is 304 g/mol. The van der Waals surface area contributed by atoms with Gasteiger partial charge in [0.1, 0.15) is 0 Å². The van der Waals surface area contributed by atoms with Crippen LogP contribution in [-0.2, 0) is 19.0 Å². The molecule has 0 aromatic carbocycles. The minimum absolute atomic E-state index is 0.112.